The van der Waals surface area contributed by atoms with Gasteiger partial charge in [0, 0.05) is 29.5 Å². The summed E-state index contributed by atoms with van der Waals surface area (Å²) in [6.45, 7) is 0.816. The van der Waals surface area contributed by atoms with E-state index in [1.807, 2.05) is 10.8 Å². The summed E-state index contributed by atoms with van der Waals surface area (Å²) in [5.41, 5.74) is 2.29. The zero-order valence-corrected chi connectivity index (χ0v) is 18.8. The normalized spacial score (nSPS) is 13.4. The summed E-state index contributed by atoms with van der Waals surface area (Å²) in [5.74, 6) is 0.377. The lowest BCUT2D eigenvalue weighted by Crippen LogP contribution is -2.29. The van der Waals surface area contributed by atoms with Crippen molar-refractivity contribution in [2.45, 2.75) is 19.4 Å². The van der Waals surface area contributed by atoms with Gasteiger partial charge in [0.25, 0.3) is 5.91 Å². The molecule has 1 heterocycles. The lowest BCUT2D eigenvalue weighted by atomic mass is 10.1. The van der Waals surface area contributed by atoms with Crippen LogP contribution in [0.25, 0.3) is 11.1 Å². The first-order valence-corrected chi connectivity index (χ1v) is 12.3. The van der Waals surface area contributed by atoms with E-state index in [4.69, 9.17) is 9.47 Å². The molecule has 0 unspecified atom stereocenters. The van der Waals surface area contributed by atoms with Gasteiger partial charge >= 0.3 is 0 Å². The zero-order valence-electron chi connectivity index (χ0n) is 18.0. The van der Waals surface area contributed by atoms with Crippen molar-refractivity contribution < 1.29 is 27.1 Å². The van der Waals surface area contributed by atoms with Gasteiger partial charge in [0.05, 0.1) is 12.9 Å². The molecule has 0 bridgehead atoms. The van der Waals surface area contributed by atoms with Crippen molar-refractivity contribution in [3.8, 4) is 22.8 Å². The van der Waals surface area contributed by atoms with Gasteiger partial charge in [-0.25, -0.2) is 22.5 Å². The molecule has 1 saturated carbocycles. The summed E-state index contributed by atoms with van der Waals surface area (Å²) in [6, 6.07) is 14.3. The third kappa shape index (κ3) is 6.76. The minimum absolute atomic E-state index is 0.142. The fourth-order valence-electron chi connectivity index (χ4n) is 3.08. The van der Waals surface area contributed by atoms with Crippen molar-refractivity contribution in [2.75, 3.05) is 12.9 Å². The molecule has 1 N–H and O–H groups in total. The molecule has 2 aromatic carbocycles. The highest BCUT2D eigenvalue weighted by Gasteiger charge is 2.22. The van der Waals surface area contributed by atoms with Crippen molar-refractivity contribution in [3.63, 3.8) is 0 Å². The van der Waals surface area contributed by atoms with Crippen LogP contribution in [-0.4, -0.2) is 32.2 Å². The van der Waals surface area contributed by atoms with Crippen LogP contribution in [0.2, 0.25) is 0 Å². The Labute approximate surface area is 191 Å². The number of halogens is 1. The Morgan fingerprint density at radius 1 is 1.06 bits per heavy atom. The van der Waals surface area contributed by atoms with Gasteiger partial charge in [-0.15, -0.1) is 0 Å². The average Bonchev–Trinajstić information content (AvgIpc) is 3.60. The Balaban J connectivity index is 1.39. The molecule has 1 aliphatic rings. The molecule has 0 spiro atoms. The first-order valence-electron chi connectivity index (χ1n) is 10.4. The number of pyridine rings is 1. The van der Waals surface area contributed by atoms with Crippen LogP contribution in [0.5, 0.6) is 11.6 Å². The highest BCUT2D eigenvalue weighted by atomic mass is 32.2. The van der Waals surface area contributed by atoms with E-state index in [9.17, 15) is 17.6 Å². The number of aromatic nitrogens is 1. The Morgan fingerprint density at radius 2 is 1.82 bits per heavy atom. The Hall–Kier alpha value is -3.46. The van der Waals surface area contributed by atoms with Crippen molar-refractivity contribution in [1.29, 1.82) is 0 Å². The van der Waals surface area contributed by atoms with Crippen LogP contribution in [0.4, 0.5) is 4.39 Å². The number of amides is 1. The SMILES string of the molecule is CS(=O)(=O)NC(=O)c1ccc(COc2cc(F)cc(-c3ccc(OCC4CC4)nc3)c2)cc1. The van der Waals surface area contributed by atoms with Gasteiger partial charge in [-0.1, -0.05) is 12.1 Å². The maximum absolute atomic E-state index is 14.2. The van der Waals surface area contributed by atoms with E-state index in [0.717, 1.165) is 17.4 Å². The van der Waals surface area contributed by atoms with Crippen LogP contribution in [0.1, 0.15) is 28.8 Å². The molecule has 1 aromatic heterocycles. The van der Waals surface area contributed by atoms with Crippen LogP contribution < -0.4 is 14.2 Å². The van der Waals surface area contributed by atoms with E-state index in [1.165, 1.54) is 37.1 Å². The van der Waals surface area contributed by atoms with Crippen LogP contribution in [0.3, 0.4) is 0 Å². The van der Waals surface area contributed by atoms with E-state index in [0.29, 0.717) is 29.7 Å². The smallest absolute Gasteiger partial charge is 0.264 e. The molecule has 0 aliphatic heterocycles. The molecule has 1 aliphatic carbocycles. The second-order valence-electron chi connectivity index (χ2n) is 8.00. The lowest BCUT2D eigenvalue weighted by molar-refractivity contribution is 0.0981. The number of hydrogen-bond donors (Lipinski definition) is 1. The third-order valence-corrected chi connectivity index (χ3v) is 5.56. The molecule has 0 radical (unpaired) electrons. The maximum atomic E-state index is 14.2. The summed E-state index contributed by atoms with van der Waals surface area (Å²) >= 11 is 0. The van der Waals surface area contributed by atoms with Gasteiger partial charge in [-0.3, -0.25) is 4.79 Å². The fraction of sp³-hybridized carbons (Fsp3) is 0.250. The Kier molecular flexibility index (Phi) is 6.60. The Morgan fingerprint density at radius 3 is 2.45 bits per heavy atom. The summed E-state index contributed by atoms with van der Waals surface area (Å²) in [4.78, 5) is 16.2. The van der Waals surface area contributed by atoms with Crippen molar-refractivity contribution >= 4 is 15.9 Å². The van der Waals surface area contributed by atoms with E-state index >= 15 is 0 Å². The maximum Gasteiger partial charge on any atom is 0.264 e. The van der Waals surface area contributed by atoms with E-state index in [1.54, 1.807) is 30.5 Å². The van der Waals surface area contributed by atoms with Crippen molar-refractivity contribution in [1.82, 2.24) is 9.71 Å². The average molecular weight is 471 g/mol. The molecule has 33 heavy (non-hydrogen) atoms. The lowest BCUT2D eigenvalue weighted by Gasteiger charge is -2.10. The second-order valence-corrected chi connectivity index (χ2v) is 9.75. The second kappa shape index (κ2) is 9.58. The number of nitrogens with zero attached hydrogens (tertiary/aromatic N) is 1. The zero-order chi connectivity index (χ0) is 23.4. The molecule has 4 rings (SSSR count). The van der Waals surface area contributed by atoms with Gasteiger partial charge < -0.3 is 9.47 Å². The molecule has 0 atom stereocenters. The number of rotatable bonds is 9. The van der Waals surface area contributed by atoms with Gasteiger partial charge in [0.1, 0.15) is 18.2 Å². The van der Waals surface area contributed by atoms with Gasteiger partial charge in [-0.05, 0) is 60.2 Å². The quantitative estimate of drug-likeness (QED) is 0.509. The predicted molar refractivity (Wildman–Crippen MR) is 121 cm³/mol. The minimum atomic E-state index is -3.64. The largest absolute Gasteiger partial charge is 0.489 e. The van der Waals surface area contributed by atoms with Gasteiger partial charge in [0.15, 0.2) is 0 Å². The standard InChI is InChI=1S/C24H23FN2O5S/c1-33(29,30)27-24(28)18-6-4-17(5-7-18)14-31-22-11-20(10-21(25)12-22)19-8-9-23(26-13-19)32-15-16-2-3-16/h4-13,16H,2-3,14-15H2,1H3,(H,27,28). The highest BCUT2D eigenvalue weighted by molar-refractivity contribution is 7.89. The van der Waals surface area contributed by atoms with Crippen LogP contribution in [-0.2, 0) is 16.6 Å². The third-order valence-electron chi connectivity index (χ3n) is 5.00. The van der Waals surface area contributed by atoms with E-state index < -0.39 is 21.7 Å². The molecule has 172 valence electrons. The minimum Gasteiger partial charge on any atom is -0.489 e. The molecular formula is C24H23FN2O5S. The number of nitrogens with one attached hydrogen (secondary N) is 1. The van der Waals surface area contributed by atoms with Gasteiger partial charge in [-0.2, -0.15) is 0 Å². The molecule has 1 fully saturated rings. The number of carbonyl (C=O) groups excluding carboxylic acids is 1. The van der Waals surface area contributed by atoms with Crippen LogP contribution >= 0.6 is 0 Å². The topological polar surface area (TPSA) is 94.6 Å². The molecule has 0 saturated heterocycles. The summed E-state index contributed by atoms with van der Waals surface area (Å²) < 4.78 is 49.8. The van der Waals surface area contributed by atoms with Gasteiger partial charge in [0.2, 0.25) is 15.9 Å². The number of carbonyl (C=O) groups is 1. The molecule has 9 heteroatoms. The van der Waals surface area contributed by atoms with E-state index in [2.05, 4.69) is 4.98 Å². The fourth-order valence-corrected chi connectivity index (χ4v) is 3.54. The Bertz CT molecular complexity index is 1240. The van der Waals surface area contributed by atoms with Crippen LogP contribution in [0.15, 0.2) is 60.8 Å². The highest BCUT2D eigenvalue weighted by Crippen LogP contribution is 2.30. The number of hydrogen-bond acceptors (Lipinski definition) is 6. The monoisotopic (exact) mass is 470 g/mol. The number of sulfonamides is 1. The van der Waals surface area contributed by atoms with Crippen LogP contribution in [0, 0.1) is 11.7 Å². The first-order chi connectivity index (χ1) is 15.7. The number of benzene rings is 2. The summed E-state index contributed by atoms with van der Waals surface area (Å²) in [5, 5.41) is 0. The summed E-state index contributed by atoms with van der Waals surface area (Å²) in [7, 11) is -3.64. The molecular weight excluding hydrogens is 447 g/mol. The molecule has 7 nitrogen and oxygen atoms in total. The summed E-state index contributed by atoms with van der Waals surface area (Å²) in [6.07, 6.45) is 4.95. The predicted octanol–water partition coefficient (Wildman–Crippen LogP) is 3.94. The van der Waals surface area contributed by atoms with Crippen molar-refractivity contribution in [3.05, 3.63) is 77.7 Å². The van der Waals surface area contributed by atoms with Crippen molar-refractivity contribution in [2.24, 2.45) is 5.92 Å². The molecule has 3 aromatic rings. The van der Waals surface area contributed by atoms with E-state index in [-0.39, 0.29) is 12.2 Å². The first kappa shape index (κ1) is 22.7. The number of ether oxygens (including phenoxy) is 2. The molecule has 1 amide bonds.